The summed E-state index contributed by atoms with van der Waals surface area (Å²) in [6, 6.07) is 13.5. The van der Waals surface area contributed by atoms with Crippen LogP contribution < -0.4 is 16.0 Å². The smallest absolute Gasteiger partial charge is 0.276 e. The molecular formula is C23H22N6O2S. The van der Waals surface area contributed by atoms with Crippen molar-refractivity contribution in [1.82, 2.24) is 14.8 Å². The van der Waals surface area contributed by atoms with Gasteiger partial charge in [0.15, 0.2) is 10.8 Å². The molecule has 3 N–H and O–H groups in total. The van der Waals surface area contributed by atoms with Gasteiger partial charge in [0.05, 0.1) is 11.7 Å². The van der Waals surface area contributed by atoms with Crippen LogP contribution in [0.1, 0.15) is 38.6 Å². The van der Waals surface area contributed by atoms with Gasteiger partial charge < -0.3 is 16.0 Å². The second-order valence-electron chi connectivity index (χ2n) is 7.88. The first-order chi connectivity index (χ1) is 15.5. The molecule has 1 aliphatic rings. The third-order valence-electron chi connectivity index (χ3n) is 5.34. The van der Waals surface area contributed by atoms with E-state index in [1.54, 1.807) is 23.0 Å². The number of hydrogen-bond donors (Lipinski definition) is 3. The molecule has 2 aromatic carbocycles. The number of hydrogen-bond acceptors (Lipinski definition) is 6. The topological polar surface area (TPSA) is 101 Å². The summed E-state index contributed by atoms with van der Waals surface area (Å²) in [6.07, 6.45) is 3.89. The molecule has 0 spiro atoms. The van der Waals surface area contributed by atoms with Crippen molar-refractivity contribution in [3.63, 3.8) is 0 Å². The third kappa shape index (κ3) is 4.06. The predicted octanol–water partition coefficient (Wildman–Crippen LogP) is 4.42. The van der Waals surface area contributed by atoms with E-state index in [9.17, 15) is 9.59 Å². The number of thiazole rings is 1. The Balaban J connectivity index is 1.28. The van der Waals surface area contributed by atoms with Crippen molar-refractivity contribution < 1.29 is 9.59 Å². The van der Waals surface area contributed by atoms with Crippen LogP contribution in [0.15, 0.2) is 48.7 Å². The van der Waals surface area contributed by atoms with Crippen molar-refractivity contribution in [3.8, 4) is 0 Å². The first-order valence-electron chi connectivity index (χ1n) is 10.4. The van der Waals surface area contributed by atoms with Gasteiger partial charge in [-0.2, -0.15) is 5.10 Å². The lowest BCUT2D eigenvalue weighted by molar-refractivity contribution is 0.101. The lowest BCUT2D eigenvalue weighted by Crippen LogP contribution is -2.14. The minimum absolute atomic E-state index is 0.203. The van der Waals surface area contributed by atoms with Gasteiger partial charge >= 0.3 is 0 Å². The highest BCUT2D eigenvalue weighted by Crippen LogP contribution is 2.28. The fraction of sp³-hybridized carbons (Fsp3) is 0.217. The normalized spacial score (nSPS) is 13.2. The van der Waals surface area contributed by atoms with Crippen molar-refractivity contribution in [2.75, 3.05) is 16.0 Å². The zero-order valence-corrected chi connectivity index (χ0v) is 18.5. The maximum Gasteiger partial charge on any atom is 0.276 e. The zero-order chi connectivity index (χ0) is 22.2. The van der Waals surface area contributed by atoms with E-state index in [1.165, 1.54) is 11.3 Å². The molecule has 162 valence electrons. The van der Waals surface area contributed by atoms with Gasteiger partial charge in [0.25, 0.3) is 11.8 Å². The summed E-state index contributed by atoms with van der Waals surface area (Å²) >= 11 is 1.35. The Labute approximate surface area is 188 Å². The molecule has 0 aliphatic heterocycles. The molecule has 8 nitrogen and oxygen atoms in total. The monoisotopic (exact) mass is 446 g/mol. The van der Waals surface area contributed by atoms with Crippen molar-refractivity contribution in [1.29, 1.82) is 0 Å². The van der Waals surface area contributed by atoms with Crippen LogP contribution in [0.5, 0.6) is 0 Å². The van der Waals surface area contributed by atoms with Crippen molar-refractivity contribution in [2.45, 2.75) is 25.8 Å². The van der Waals surface area contributed by atoms with Crippen LogP contribution in [0.2, 0.25) is 0 Å². The number of anilines is 3. The average molecular weight is 447 g/mol. The Morgan fingerprint density at radius 2 is 1.91 bits per heavy atom. The van der Waals surface area contributed by atoms with E-state index in [0.29, 0.717) is 28.0 Å². The van der Waals surface area contributed by atoms with Crippen LogP contribution >= 0.6 is 11.3 Å². The molecule has 5 rings (SSSR count). The Morgan fingerprint density at radius 1 is 1.09 bits per heavy atom. The Hall–Kier alpha value is -3.72. The third-order valence-corrected chi connectivity index (χ3v) is 6.27. The number of nitrogens with zero attached hydrogens (tertiary/aromatic N) is 3. The first-order valence-corrected chi connectivity index (χ1v) is 11.2. The molecule has 2 amide bonds. The number of benzene rings is 2. The fourth-order valence-corrected chi connectivity index (χ4v) is 4.27. The highest BCUT2D eigenvalue weighted by molar-refractivity contribution is 7.17. The van der Waals surface area contributed by atoms with Gasteiger partial charge in [-0.25, -0.2) is 4.98 Å². The second-order valence-corrected chi connectivity index (χ2v) is 8.91. The van der Waals surface area contributed by atoms with Gasteiger partial charge in [-0.1, -0.05) is 29.5 Å². The summed E-state index contributed by atoms with van der Waals surface area (Å²) in [7, 11) is 1.81. The molecule has 32 heavy (non-hydrogen) atoms. The standard InChI is InChI=1S/C23H22N6O2S/c1-13-11-15(25-22(31)20-16-5-3-4-6-18(16)29(2)28-20)9-10-17(13)27-21(30)19-12-24-23(32-19)26-14-7-8-14/h3-6,9-12,14H,7-8H2,1-2H3,(H,24,26)(H,25,31)(H,27,30). The molecule has 0 unspecified atom stereocenters. The molecule has 9 heteroatoms. The molecule has 2 heterocycles. The summed E-state index contributed by atoms with van der Waals surface area (Å²) in [4.78, 5) is 30.2. The molecule has 0 saturated heterocycles. The molecule has 1 fully saturated rings. The van der Waals surface area contributed by atoms with Gasteiger partial charge in [-0.3, -0.25) is 14.3 Å². The highest BCUT2D eigenvalue weighted by Gasteiger charge is 2.23. The van der Waals surface area contributed by atoms with E-state index in [-0.39, 0.29) is 11.8 Å². The second kappa shape index (κ2) is 8.08. The Kier molecular flexibility index (Phi) is 5.10. The number of carbonyl (C=O) groups is 2. The minimum Gasteiger partial charge on any atom is -0.359 e. The van der Waals surface area contributed by atoms with E-state index >= 15 is 0 Å². The SMILES string of the molecule is Cc1cc(NC(=O)c2nn(C)c3ccccc23)ccc1NC(=O)c1cnc(NC2CC2)s1. The summed E-state index contributed by atoms with van der Waals surface area (Å²) in [5.41, 5.74) is 3.42. The largest absolute Gasteiger partial charge is 0.359 e. The summed E-state index contributed by atoms with van der Waals surface area (Å²) in [5, 5.41) is 15.1. The molecule has 0 bridgehead atoms. The van der Waals surface area contributed by atoms with E-state index in [1.807, 2.05) is 44.3 Å². The van der Waals surface area contributed by atoms with E-state index in [0.717, 1.165) is 34.4 Å². The number of para-hydroxylation sites is 1. The van der Waals surface area contributed by atoms with Crippen LogP contribution in [-0.4, -0.2) is 32.6 Å². The average Bonchev–Trinajstić information content (AvgIpc) is 3.35. The van der Waals surface area contributed by atoms with Gasteiger partial charge in [0.1, 0.15) is 4.88 Å². The quantitative estimate of drug-likeness (QED) is 0.407. The molecule has 1 saturated carbocycles. The highest BCUT2D eigenvalue weighted by atomic mass is 32.1. The first kappa shape index (κ1) is 20.2. The van der Waals surface area contributed by atoms with E-state index in [2.05, 4.69) is 26.0 Å². The van der Waals surface area contributed by atoms with Gasteiger partial charge in [-0.15, -0.1) is 0 Å². The van der Waals surface area contributed by atoms with E-state index < -0.39 is 0 Å². The maximum atomic E-state index is 12.8. The number of nitrogens with one attached hydrogen (secondary N) is 3. The van der Waals surface area contributed by atoms with Crippen LogP contribution in [-0.2, 0) is 7.05 Å². The van der Waals surface area contributed by atoms with Crippen molar-refractivity contribution in [2.24, 2.45) is 7.05 Å². The van der Waals surface area contributed by atoms with Crippen LogP contribution in [0.3, 0.4) is 0 Å². The van der Waals surface area contributed by atoms with Gasteiger partial charge in [-0.05, 0) is 49.6 Å². The molecule has 4 aromatic rings. The van der Waals surface area contributed by atoms with Crippen molar-refractivity contribution in [3.05, 3.63) is 64.8 Å². The lowest BCUT2D eigenvalue weighted by Gasteiger charge is -2.10. The number of fused-ring (bicyclic) bond motifs is 1. The van der Waals surface area contributed by atoms with Crippen LogP contribution in [0.25, 0.3) is 10.9 Å². The minimum atomic E-state index is -0.279. The molecule has 1 aliphatic carbocycles. The van der Waals surface area contributed by atoms with Gasteiger partial charge in [0.2, 0.25) is 0 Å². The number of aryl methyl sites for hydroxylation is 2. The lowest BCUT2D eigenvalue weighted by atomic mass is 10.1. The molecule has 2 aromatic heterocycles. The number of rotatable bonds is 6. The number of carbonyl (C=O) groups excluding carboxylic acids is 2. The number of aromatic nitrogens is 3. The molecule has 0 radical (unpaired) electrons. The number of amides is 2. The predicted molar refractivity (Wildman–Crippen MR) is 127 cm³/mol. The van der Waals surface area contributed by atoms with Crippen LogP contribution in [0, 0.1) is 6.92 Å². The molecule has 0 atom stereocenters. The van der Waals surface area contributed by atoms with E-state index in [4.69, 9.17) is 0 Å². The van der Waals surface area contributed by atoms with Crippen LogP contribution in [0.4, 0.5) is 16.5 Å². The summed E-state index contributed by atoms with van der Waals surface area (Å²) in [6.45, 7) is 1.88. The zero-order valence-electron chi connectivity index (χ0n) is 17.7. The summed E-state index contributed by atoms with van der Waals surface area (Å²) < 4.78 is 1.69. The van der Waals surface area contributed by atoms with Gasteiger partial charge in [0, 0.05) is 29.9 Å². The van der Waals surface area contributed by atoms with Crippen molar-refractivity contribution >= 4 is 50.6 Å². The summed E-state index contributed by atoms with van der Waals surface area (Å²) in [5.74, 6) is -0.482. The Morgan fingerprint density at radius 3 is 2.69 bits per heavy atom. The maximum absolute atomic E-state index is 12.8. The molecular weight excluding hydrogens is 424 g/mol. The fourth-order valence-electron chi connectivity index (χ4n) is 3.49. The Bertz CT molecular complexity index is 1340.